The number of rotatable bonds is 4. The summed E-state index contributed by atoms with van der Waals surface area (Å²) in [5.74, 6) is 1.02. The Labute approximate surface area is 165 Å². The first-order valence-corrected chi connectivity index (χ1v) is 9.49. The number of aromatic nitrogens is 2. The van der Waals surface area contributed by atoms with Crippen molar-refractivity contribution in [2.75, 3.05) is 29.5 Å². The lowest BCUT2D eigenvalue weighted by atomic mass is 10.1. The number of carbonyl (C=O) groups is 1. The van der Waals surface area contributed by atoms with Gasteiger partial charge in [0.2, 0.25) is 5.95 Å². The van der Waals surface area contributed by atoms with Crippen LogP contribution in [0.5, 0.6) is 0 Å². The molecular weight excluding hydrogens is 356 g/mol. The minimum atomic E-state index is -0.507. The van der Waals surface area contributed by atoms with Gasteiger partial charge >= 0.3 is 6.09 Å². The molecule has 8 nitrogen and oxygen atoms in total. The number of benzene rings is 1. The van der Waals surface area contributed by atoms with Gasteiger partial charge in [0.1, 0.15) is 5.60 Å². The molecule has 0 bridgehead atoms. The predicted molar refractivity (Wildman–Crippen MR) is 111 cm³/mol. The number of nitrogens with zero attached hydrogens (tertiary/aromatic N) is 3. The van der Waals surface area contributed by atoms with E-state index in [4.69, 9.17) is 10.5 Å². The molecule has 1 aliphatic rings. The number of piperidine rings is 1. The quantitative estimate of drug-likeness (QED) is 0.739. The van der Waals surface area contributed by atoms with E-state index in [0.717, 1.165) is 18.5 Å². The van der Waals surface area contributed by atoms with E-state index < -0.39 is 5.60 Å². The predicted octanol–water partition coefficient (Wildman–Crippen LogP) is 3.61. The van der Waals surface area contributed by atoms with E-state index in [1.807, 2.05) is 51.1 Å². The summed E-state index contributed by atoms with van der Waals surface area (Å²) in [5.41, 5.74) is 6.91. The molecule has 0 spiro atoms. The van der Waals surface area contributed by atoms with Gasteiger partial charge in [0.25, 0.3) is 0 Å². The highest BCUT2D eigenvalue weighted by Crippen LogP contribution is 2.23. The first-order valence-electron chi connectivity index (χ1n) is 9.49. The number of likely N-dealkylation sites (tertiary alicyclic amines) is 1. The number of carbonyl (C=O) groups excluding carboxylic acids is 1. The number of para-hydroxylation sites is 1. The largest absolute Gasteiger partial charge is 0.444 e. The van der Waals surface area contributed by atoms with Crippen LogP contribution in [-0.2, 0) is 4.74 Å². The highest BCUT2D eigenvalue weighted by molar-refractivity contribution is 5.69. The molecule has 1 aromatic carbocycles. The number of amides is 1. The average molecular weight is 384 g/mol. The third-order valence-corrected chi connectivity index (χ3v) is 4.26. The maximum Gasteiger partial charge on any atom is 0.410 e. The maximum absolute atomic E-state index is 12.4. The Kier molecular flexibility index (Phi) is 5.87. The lowest BCUT2D eigenvalue weighted by Gasteiger charge is -2.34. The minimum Gasteiger partial charge on any atom is -0.444 e. The van der Waals surface area contributed by atoms with Crippen molar-refractivity contribution in [1.29, 1.82) is 0 Å². The molecule has 150 valence electrons. The zero-order chi connectivity index (χ0) is 20.1. The Bertz CT molecular complexity index is 806. The van der Waals surface area contributed by atoms with Gasteiger partial charge in [-0.3, -0.25) is 0 Å². The van der Waals surface area contributed by atoms with Gasteiger partial charge in [-0.2, -0.15) is 4.98 Å². The van der Waals surface area contributed by atoms with Crippen molar-refractivity contribution >= 4 is 29.2 Å². The van der Waals surface area contributed by atoms with E-state index in [2.05, 4.69) is 20.6 Å². The number of nitrogen functional groups attached to an aromatic ring is 1. The highest BCUT2D eigenvalue weighted by atomic mass is 16.6. The van der Waals surface area contributed by atoms with E-state index in [1.165, 1.54) is 0 Å². The molecule has 1 fully saturated rings. The van der Waals surface area contributed by atoms with Crippen LogP contribution in [0.4, 0.5) is 27.9 Å². The summed E-state index contributed by atoms with van der Waals surface area (Å²) in [5, 5.41) is 6.52. The van der Waals surface area contributed by atoms with E-state index in [0.29, 0.717) is 30.5 Å². The molecule has 4 N–H and O–H groups in total. The van der Waals surface area contributed by atoms with Gasteiger partial charge in [-0.25, -0.2) is 9.78 Å². The molecule has 8 heteroatoms. The molecule has 3 rings (SSSR count). The number of nitrogens with two attached hydrogens (primary N) is 1. The number of anilines is 4. The fourth-order valence-electron chi connectivity index (χ4n) is 3.00. The van der Waals surface area contributed by atoms with Crippen molar-refractivity contribution in [2.45, 2.75) is 45.3 Å². The second kappa shape index (κ2) is 8.33. The molecule has 0 radical (unpaired) electrons. The Morgan fingerprint density at radius 2 is 2.04 bits per heavy atom. The van der Waals surface area contributed by atoms with Crippen molar-refractivity contribution in [2.24, 2.45) is 0 Å². The van der Waals surface area contributed by atoms with Crippen molar-refractivity contribution in [3.05, 3.63) is 36.5 Å². The summed E-state index contributed by atoms with van der Waals surface area (Å²) in [6.07, 6.45) is 3.09. The Morgan fingerprint density at radius 3 is 2.75 bits per heavy atom. The number of nitrogens with one attached hydrogen (secondary N) is 2. The molecule has 0 aliphatic carbocycles. The number of ether oxygens (including phenoxy) is 1. The standard InChI is InChI=1S/C20H28N6O2/c1-20(2,3)28-19(27)26-11-7-10-15(13-26)23-17-16(21)12-22-18(25-17)24-14-8-5-4-6-9-14/h4-6,8-9,12,15H,7,10-11,13,21H2,1-3H3,(H2,22,23,24,25). The molecule has 2 aromatic rings. The van der Waals surface area contributed by atoms with Crippen LogP contribution in [0.3, 0.4) is 0 Å². The van der Waals surface area contributed by atoms with Crippen LogP contribution in [-0.4, -0.2) is 45.7 Å². The van der Waals surface area contributed by atoms with Gasteiger partial charge < -0.3 is 26.0 Å². The summed E-state index contributed by atoms with van der Waals surface area (Å²) in [6, 6.07) is 9.74. The lowest BCUT2D eigenvalue weighted by Crippen LogP contribution is -2.47. The minimum absolute atomic E-state index is 0.0445. The van der Waals surface area contributed by atoms with Gasteiger partial charge in [-0.05, 0) is 45.7 Å². The summed E-state index contributed by atoms with van der Waals surface area (Å²) in [4.78, 5) is 22.8. The van der Waals surface area contributed by atoms with Gasteiger partial charge in [0, 0.05) is 24.8 Å². The van der Waals surface area contributed by atoms with E-state index >= 15 is 0 Å². The molecule has 1 atom stereocenters. The van der Waals surface area contributed by atoms with Crippen LogP contribution < -0.4 is 16.4 Å². The molecule has 28 heavy (non-hydrogen) atoms. The normalized spacial score (nSPS) is 17.1. The van der Waals surface area contributed by atoms with E-state index in [-0.39, 0.29) is 12.1 Å². The fraction of sp³-hybridized carbons (Fsp3) is 0.450. The third kappa shape index (κ3) is 5.48. The molecular formula is C20H28N6O2. The van der Waals surface area contributed by atoms with Crippen LogP contribution in [0.15, 0.2) is 36.5 Å². The number of hydrogen-bond acceptors (Lipinski definition) is 7. The Hall–Kier alpha value is -3.03. The molecule has 1 saturated heterocycles. The van der Waals surface area contributed by atoms with Crippen LogP contribution in [0.1, 0.15) is 33.6 Å². The van der Waals surface area contributed by atoms with Crippen LogP contribution >= 0.6 is 0 Å². The molecule has 1 amide bonds. The summed E-state index contributed by atoms with van der Waals surface area (Å²) in [7, 11) is 0. The smallest absolute Gasteiger partial charge is 0.410 e. The topological polar surface area (TPSA) is 105 Å². The molecule has 0 saturated carbocycles. The van der Waals surface area contributed by atoms with Crippen LogP contribution in [0, 0.1) is 0 Å². The zero-order valence-electron chi connectivity index (χ0n) is 16.6. The first-order chi connectivity index (χ1) is 13.3. The lowest BCUT2D eigenvalue weighted by molar-refractivity contribution is 0.0206. The summed E-state index contributed by atoms with van der Waals surface area (Å²) < 4.78 is 5.48. The maximum atomic E-state index is 12.4. The van der Waals surface area contributed by atoms with Gasteiger partial charge in [-0.15, -0.1) is 0 Å². The molecule has 2 heterocycles. The fourth-order valence-corrected chi connectivity index (χ4v) is 3.00. The highest BCUT2D eigenvalue weighted by Gasteiger charge is 2.28. The molecule has 1 aromatic heterocycles. The van der Waals surface area contributed by atoms with Crippen molar-refractivity contribution in [1.82, 2.24) is 14.9 Å². The SMILES string of the molecule is CC(C)(C)OC(=O)N1CCCC(Nc2nc(Nc3ccccc3)ncc2N)C1. The summed E-state index contributed by atoms with van der Waals surface area (Å²) >= 11 is 0. The van der Waals surface area contributed by atoms with E-state index in [1.54, 1.807) is 11.1 Å². The number of hydrogen-bond donors (Lipinski definition) is 3. The van der Waals surface area contributed by atoms with Crippen molar-refractivity contribution in [3.63, 3.8) is 0 Å². The van der Waals surface area contributed by atoms with Crippen LogP contribution in [0.2, 0.25) is 0 Å². The second-order valence-corrected chi connectivity index (χ2v) is 7.90. The first kappa shape index (κ1) is 19.7. The van der Waals surface area contributed by atoms with Crippen molar-refractivity contribution < 1.29 is 9.53 Å². The Balaban J connectivity index is 1.65. The van der Waals surface area contributed by atoms with Gasteiger partial charge in [-0.1, -0.05) is 18.2 Å². The third-order valence-electron chi connectivity index (χ3n) is 4.26. The van der Waals surface area contributed by atoms with Gasteiger partial charge in [0.15, 0.2) is 5.82 Å². The summed E-state index contributed by atoms with van der Waals surface area (Å²) in [6.45, 7) is 6.83. The second-order valence-electron chi connectivity index (χ2n) is 7.90. The van der Waals surface area contributed by atoms with Gasteiger partial charge in [0.05, 0.1) is 11.9 Å². The van der Waals surface area contributed by atoms with Crippen molar-refractivity contribution in [3.8, 4) is 0 Å². The monoisotopic (exact) mass is 384 g/mol. The molecule has 1 unspecified atom stereocenters. The van der Waals surface area contributed by atoms with E-state index in [9.17, 15) is 4.79 Å². The zero-order valence-corrected chi connectivity index (χ0v) is 16.6. The Morgan fingerprint density at radius 1 is 1.29 bits per heavy atom. The molecule has 1 aliphatic heterocycles. The van der Waals surface area contributed by atoms with Crippen LogP contribution in [0.25, 0.3) is 0 Å². The average Bonchev–Trinajstić information content (AvgIpc) is 2.64.